The highest BCUT2D eigenvalue weighted by atomic mass is 127. The van der Waals surface area contributed by atoms with Crippen molar-refractivity contribution in [2.24, 2.45) is 4.99 Å². The van der Waals surface area contributed by atoms with E-state index in [1.54, 1.807) is 7.05 Å². The molecule has 2 aromatic carbocycles. The Bertz CT molecular complexity index is 845. The molecule has 7 heteroatoms. The molecule has 0 spiro atoms. The van der Waals surface area contributed by atoms with Gasteiger partial charge in [0.05, 0.1) is 13.2 Å². The third kappa shape index (κ3) is 7.88. The van der Waals surface area contributed by atoms with Gasteiger partial charge in [-0.15, -0.1) is 24.0 Å². The molecule has 0 unspecified atom stereocenters. The van der Waals surface area contributed by atoms with E-state index in [4.69, 9.17) is 9.47 Å². The average Bonchev–Trinajstić information content (AvgIpc) is 2.75. The lowest BCUT2D eigenvalue weighted by atomic mass is 10.1. The minimum absolute atomic E-state index is 0. The molecule has 3 rings (SSSR count). The molecule has 0 saturated carbocycles. The first-order valence-corrected chi connectivity index (χ1v) is 10.6. The summed E-state index contributed by atoms with van der Waals surface area (Å²) in [5.74, 6) is 1.66. The summed E-state index contributed by atoms with van der Waals surface area (Å²) in [6, 6.07) is 16.6. The standard InChI is InChI=1S/C24H34N4O2.HI/c1-24(2,3)30-22-12-8-6-10-20(22)18-27-23(25-4)26-17-19-9-5-7-11-21(19)28-13-15-29-16-14-28;/h5-12H,13-18H2,1-4H3,(H2,25,26,27);1H. The van der Waals surface area contributed by atoms with Crippen molar-refractivity contribution in [1.29, 1.82) is 0 Å². The number of nitrogens with zero attached hydrogens (tertiary/aromatic N) is 2. The van der Waals surface area contributed by atoms with Crippen LogP contribution in [0.15, 0.2) is 53.5 Å². The number of nitrogens with one attached hydrogen (secondary N) is 2. The number of benzene rings is 2. The van der Waals surface area contributed by atoms with E-state index < -0.39 is 0 Å². The highest BCUT2D eigenvalue weighted by Gasteiger charge is 2.16. The lowest BCUT2D eigenvalue weighted by molar-refractivity contribution is 0.122. The van der Waals surface area contributed by atoms with E-state index in [9.17, 15) is 0 Å². The van der Waals surface area contributed by atoms with Crippen molar-refractivity contribution < 1.29 is 9.47 Å². The van der Waals surface area contributed by atoms with Crippen LogP contribution in [-0.2, 0) is 17.8 Å². The van der Waals surface area contributed by atoms with Crippen LogP contribution in [0, 0.1) is 0 Å². The van der Waals surface area contributed by atoms with E-state index in [0.717, 1.165) is 43.6 Å². The van der Waals surface area contributed by atoms with Crippen LogP contribution in [-0.4, -0.2) is 44.9 Å². The van der Waals surface area contributed by atoms with Gasteiger partial charge in [-0.25, -0.2) is 0 Å². The van der Waals surface area contributed by atoms with Gasteiger partial charge in [0.1, 0.15) is 11.4 Å². The lowest BCUT2D eigenvalue weighted by Gasteiger charge is -2.30. The summed E-state index contributed by atoms with van der Waals surface area (Å²) in [5.41, 5.74) is 3.37. The van der Waals surface area contributed by atoms with Crippen molar-refractivity contribution in [3.8, 4) is 5.75 Å². The maximum absolute atomic E-state index is 6.09. The van der Waals surface area contributed by atoms with Crippen LogP contribution in [0.3, 0.4) is 0 Å². The molecular weight excluding hydrogens is 503 g/mol. The second-order valence-corrected chi connectivity index (χ2v) is 8.33. The first-order valence-electron chi connectivity index (χ1n) is 10.6. The van der Waals surface area contributed by atoms with Crippen molar-refractivity contribution in [3.63, 3.8) is 0 Å². The zero-order chi connectivity index (χ0) is 21.4. The van der Waals surface area contributed by atoms with E-state index in [0.29, 0.717) is 13.1 Å². The molecule has 1 aliphatic heterocycles. The monoisotopic (exact) mass is 538 g/mol. The van der Waals surface area contributed by atoms with Crippen LogP contribution < -0.4 is 20.3 Å². The Morgan fingerprint density at radius 3 is 2.19 bits per heavy atom. The molecule has 0 radical (unpaired) electrons. The molecule has 0 amide bonds. The predicted molar refractivity (Wildman–Crippen MR) is 139 cm³/mol. The fraction of sp³-hybridized carbons (Fsp3) is 0.458. The summed E-state index contributed by atoms with van der Waals surface area (Å²) >= 11 is 0. The molecule has 1 aliphatic rings. The number of hydrogen-bond acceptors (Lipinski definition) is 4. The second kappa shape index (κ2) is 12.1. The molecule has 2 N–H and O–H groups in total. The van der Waals surface area contributed by atoms with E-state index in [1.165, 1.54) is 11.3 Å². The fourth-order valence-electron chi connectivity index (χ4n) is 3.43. The molecule has 1 heterocycles. The van der Waals surface area contributed by atoms with Crippen molar-refractivity contribution in [3.05, 3.63) is 59.7 Å². The Morgan fingerprint density at radius 2 is 1.55 bits per heavy atom. The zero-order valence-corrected chi connectivity index (χ0v) is 21.3. The fourth-order valence-corrected chi connectivity index (χ4v) is 3.43. The number of rotatable bonds is 6. The second-order valence-electron chi connectivity index (χ2n) is 8.33. The highest BCUT2D eigenvalue weighted by Crippen LogP contribution is 2.23. The normalized spacial score (nSPS) is 14.6. The van der Waals surface area contributed by atoms with Crippen molar-refractivity contribution in [2.75, 3.05) is 38.3 Å². The minimum Gasteiger partial charge on any atom is -0.488 e. The lowest BCUT2D eigenvalue weighted by Crippen LogP contribution is -2.39. The van der Waals surface area contributed by atoms with Crippen LogP contribution in [0.4, 0.5) is 5.69 Å². The number of halogens is 1. The van der Waals surface area contributed by atoms with E-state index in [1.807, 2.05) is 18.2 Å². The number of para-hydroxylation sites is 2. The number of aliphatic imine (C=N–C) groups is 1. The van der Waals surface area contributed by atoms with Crippen molar-refractivity contribution in [2.45, 2.75) is 39.5 Å². The van der Waals surface area contributed by atoms with Gasteiger partial charge in [0, 0.05) is 44.5 Å². The minimum atomic E-state index is -0.237. The van der Waals surface area contributed by atoms with Gasteiger partial charge in [-0.05, 0) is 38.5 Å². The predicted octanol–water partition coefficient (Wildman–Crippen LogP) is 4.18. The number of ether oxygens (including phenoxy) is 2. The van der Waals surface area contributed by atoms with Gasteiger partial charge in [0.15, 0.2) is 5.96 Å². The van der Waals surface area contributed by atoms with Crippen LogP contribution in [0.25, 0.3) is 0 Å². The zero-order valence-electron chi connectivity index (χ0n) is 19.0. The third-order valence-electron chi connectivity index (χ3n) is 4.85. The van der Waals surface area contributed by atoms with Crippen LogP contribution in [0.2, 0.25) is 0 Å². The SMILES string of the molecule is CN=C(NCc1ccccc1OC(C)(C)C)NCc1ccccc1N1CCOCC1.I. The first kappa shape index (κ1) is 25.3. The maximum atomic E-state index is 6.09. The van der Waals surface area contributed by atoms with Crippen LogP contribution in [0.1, 0.15) is 31.9 Å². The molecule has 0 aromatic heterocycles. The summed E-state index contributed by atoms with van der Waals surface area (Å²) in [4.78, 5) is 6.77. The van der Waals surface area contributed by atoms with E-state index in [-0.39, 0.29) is 29.6 Å². The molecule has 0 aliphatic carbocycles. The Morgan fingerprint density at radius 1 is 0.968 bits per heavy atom. The number of hydrogen-bond donors (Lipinski definition) is 2. The maximum Gasteiger partial charge on any atom is 0.191 e. The largest absolute Gasteiger partial charge is 0.488 e. The quantitative estimate of drug-likeness (QED) is 0.329. The Kier molecular flexibility index (Phi) is 9.90. The number of guanidine groups is 1. The molecule has 170 valence electrons. The average molecular weight is 538 g/mol. The van der Waals surface area contributed by atoms with Gasteiger partial charge in [-0.1, -0.05) is 36.4 Å². The number of morpholine rings is 1. The van der Waals surface area contributed by atoms with Gasteiger partial charge in [0.2, 0.25) is 0 Å². The van der Waals surface area contributed by atoms with Crippen LogP contribution in [0.5, 0.6) is 5.75 Å². The number of anilines is 1. The highest BCUT2D eigenvalue weighted by molar-refractivity contribution is 14.0. The van der Waals surface area contributed by atoms with E-state index in [2.05, 4.69) is 71.6 Å². The van der Waals surface area contributed by atoms with Gasteiger partial charge in [0.25, 0.3) is 0 Å². The molecule has 2 aromatic rings. The summed E-state index contributed by atoms with van der Waals surface area (Å²) in [5, 5.41) is 6.85. The van der Waals surface area contributed by atoms with Gasteiger partial charge in [-0.3, -0.25) is 4.99 Å². The Hall–Kier alpha value is -2.00. The topological polar surface area (TPSA) is 58.1 Å². The molecule has 0 atom stereocenters. The van der Waals surface area contributed by atoms with Crippen molar-refractivity contribution in [1.82, 2.24) is 10.6 Å². The van der Waals surface area contributed by atoms with Crippen molar-refractivity contribution >= 4 is 35.6 Å². The molecule has 6 nitrogen and oxygen atoms in total. The van der Waals surface area contributed by atoms with Gasteiger partial charge >= 0.3 is 0 Å². The van der Waals surface area contributed by atoms with Gasteiger partial charge < -0.3 is 25.0 Å². The molecule has 0 bridgehead atoms. The third-order valence-corrected chi connectivity index (χ3v) is 4.85. The summed E-state index contributed by atoms with van der Waals surface area (Å²) in [6.07, 6.45) is 0. The molecule has 1 saturated heterocycles. The Labute approximate surface area is 203 Å². The molecular formula is C24H35IN4O2. The first-order chi connectivity index (χ1) is 14.5. The van der Waals surface area contributed by atoms with Crippen LogP contribution >= 0.6 is 24.0 Å². The Balaban J connectivity index is 0.00000341. The summed E-state index contributed by atoms with van der Waals surface area (Å²) in [7, 11) is 1.79. The van der Waals surface area contributed by atoms with Gasteiger partial charge in [-0.2, -0.15) is 0 Å². The van der Waals surface area contributed by atoms with E-state index >= 15 is 0 Å². The molecule has 31 heavy (non-hydrogen) atoms. The molecule has 1 fully saturated rings. The summed E-state index contributed by atoms with van der Waals surface area (Å²) < 4.78 is 11.6. The smallest absolute Gasteiger partial charge is 0.191 e. The summed E-state index contributed by atoms with van der Waals surface area (Å²) in [6.45, 7) is 10.9.